The van der Waals surface area contributed by atoms with Gasteiger partial charge >= 0.3 is 5.69 Å². The lowest BCUT2D eigenvalue weighted by Gasteiger charge is -2.04. The molecule has 19 heavy (non-hydrogen) atoms. The minimum absolute atomic E-state index is 0.166. The molecule has 1 heterocycles. The van der Waals surface area contributed by atoms with Gasteiger partial charge in [0.05, 0.1) is 7.11 Å². The Kier molecular flexibility index (Phi) is 3.29. The number of carbonyl (C=O) groups excluding carboxylic acids is 1. The van der Waals surface area contributed by atoms with Crippen LogP contribution in [0.1, 0.15) is 21.7 Å². The first-order valence-electron chi connectivity index (χ1n) is 5.88. The fraction of sp³-hybridized carbons (Fsp3) is 0.286. The van der Waals surface area contributed by atoms with E-state index in [9.17, 15) is 9.59 Å². The van der Waals surface area contributed by atoms with Gasteiger partial charge in [0.25, 0.3) is 0 Å². The first-order chi connectivity index (χ1) is 8.97. The third kappa shape index (κ3) is 2.07. The Labute approximate surface area is 111 Å². The van der Waals surface area contributed by atoms with E-state index in [4.69, 9.17) is 4.74 Å². The second kappa shape index (κ2) is 4.76. The zero-order chi connectivity index (χ0) is 14.2. The van der Waals surface area contributed by atoms with Crippen molar-refractivity contribution in [2.75, 3.05) is 7.11 Å². The lowest BCUT2D eigenvalue weighted by Crippen LogP contribution is -2.21. The summed E-state index contributed by atoms with van der Waals surface area (Å²) < 4.78 is 7.90. The summed E-state index contributed by atoms with van der Waals surface area (Å²) in [5.41, 5.74) is 1.41. The standard InChI is InChI=1S/C14H16N2O3/c1-9-12(16(3)14(18)15(9)2)13(17)10-5-7-11(19-4)8-6-10/h5-8H,1-4H3. The largest absolute Gasteiger partial charge is 0.497 e. The fourth-order valence-electron chi connectivity index (χ4n) is 2.06. The van der Waals surface area contributed by atoms with Gasteiger partial charge in [0.1, 0.15) is 11.4 Å². The van der Waals surface area contributed by atoms with Crippen LogP contribution in [0.5, 0.6) is 5.75 Å². The van der Waals surface area contributed by atoms with Gasteiger partial charge in [0.2, 0.25) is 5.78 Å². The first-order valence-corrected chi connectivity index (χ1v) is 5.88. The summed E-state index contributed by atoms with van der Waals surface area (Å²) in [4.78, 5) is 24.2. The van der Waals surface area contributed by atoms with Crippen LogP contribution in [0.25, 0.3) is 0 Å². The van der Waals surface area contributed by atoms with Crippen LogP contribution >= 0.6 is 0 Å². The molecular formula is C14H16N2O3. The zero-order valence-corrected chi connectivity index (χ0v) is 11.4. The summed E-state index contributed by atoms with van der Waals surface area (Å²) >= 11 is 0. The molecule has 0 aliphatic heterocycles. The zero-order valence-electron chi connectivity index (χ0n) is 11.4. The normalized spacial score (nSPS) is 10.5. The van der Waals surface area contributed by atoms with Crippen molar-refractivity contribution >= 4 is 5.78 Å². The SMILES string of the molecule is COc1ccc(C(=O)c2c(C)n(C)c(=O)n2C)cc1. The van der Waals surface area contributed by atoms with E-state index in [1.54, 1.807) is 52.4 Å². The van der Waals surface area contributed by atoms with Crippen molar-refractivity contribution in [1.82, 2.24) is 9.13 Å². The highest BCUT2D eigenvalue weighted by atomic mass is 16.5. The second-order valence-electron chi connectivity index (χ2n) is 4.39. The van der Waals surface area contributed by atoms with Crippen molar-refractivity contribution in [3.63, 3.8) is 0 Å². The summed E-state index contributed by atoms with van der Waals surface area (Å²) in [6, 6.07) is 6.84. The Hall–Kier alpha value is -2.30. The number of imidazole rings is 1. The lowest BCUT2D eigenvalue weighted by atomic mass is 10.1. The van der Waals surface area contributed by atoms with Gasteiger partial charge in [0, 0.05) is 25.4 Å². The van der Waals surface area contributed by atoms with Crippen molar-refractivity contribution in [3.05, 3.63) is 51.7 Å². The van der Waals surface area contributed by atoms with Crippen LogP contribution in [-0.4, -0.2) is 22.0 Å². The van der Waals surface area contributed by atoms with Gasteiger partial charge in [-0.1, -0.05) is 0 Å². The molecule has 0 atom stereocenters. The summed E-state index contributed by atoms with van der Waals surface area (Å²) in [5, 5.41) is 0. The molecule has 2 aromatic rings. The third-order valence-corrected chi connectivity index (χ3v) is 3.32. The van der Waals surface area contributed by atoms with Crippen LogP contribution in [0.3, 0.4) is 0 Å². The topological polar surface area (TPSA) is 53.2 Å². The van der Waals surface area contributed by atoms with E-state index in [1.165, 1.54) is 9.13 Å². The summed E-state index contributed by atoms with van der Waals surface area (Å²) in [5.74, 6) is 0.524. The molecule has 0 unspecified atom stereocenters. The average molecular weight is 260 g/mol. The minimum Gasteiger partial charge on any atom is -0.497 e. The van der Waals surface area contributed by atoms with E-state index in [1.807, 2.05) is 0 Å². The molecule has 0 fully saturated rings. The molecule has 0 bridgehead atoms. The molecule has 1 aromatic carbocycles. The molecule has 0 N–H and O–H groups in total. The van der Waals surface area contributed by atoms with Crippen LogP contribution in [0.15, 0.2) is 29.1 Å². The van der Waals surface area contributed by atoms with Crippen LogP contribution in [0.4, 0.5) is 0 Å². The van der Waals surface area contributed by atoms with E-state index in [2.05, 4.69) is 0 Å². The van der Waals surface area contributed by atoms with E-state index in [0.717, 1.165) is 0 Å². The molecule has 0 aliphatic rings. The number of rotatable bonds is 3. The van der Waals surface area contributed by atoms with Crippen molar-refractivity contribution < 1.29 is 9.53 Å². The van der Waals surface area contributed by atoms with Gasteiger partial charge in [0.15, 0.2) is 0 Å². The smallest absolute Gasteiger partial charge is 0.328 e. The number of ketones is 1. The summed E-state index contributed by atoms with van der Waals surface area (Å²) in [6.45, 7) is 1.76. The number of hydrogen-bond donors (Lipinski definition) is 0. The Bertz CT molecular complexity index is 678. The van der Waals surface area contributed by atoms with Gasteiger partial charge in [-0.2, -0.15) is 0 Å². The summed E-state index contributed by atoms with van der Waals surface area (Å²) in [6.07, 6.45) is 0. The molecule has 5 heteroatoms. The molecule has 0 amide bonds. The molecule has 0 saturated carbocycles. The number of benzene rings is 1. The predicted molar refractivity (Wildman–Crippen MR) is 71.8 cm³/mol. The maximum absolute atomic E-state index is 12.4. The molecule has 0 aliphatic carbocycles. The van der Waals surface area contributed by atoms with Crippen LogP contribution in [-0.2, 0) is 14.1 Å². The van der Waals surface area contributed by atoms with Crippen LogP contribution in [0, 0.1) is 6.92 Å². The monoisotopic (exact) mass is 260 g/mol. The van der Waals surface area contributed by atoms with Gasteiger partial charge < -0.3 is 4.74 Å². The Balaban J connectivity index is 2.50. The first kappa shape index (κ1) is 13.1. The minimum atomic E-state index is -0.200. The van der Waals surface area contributed by atoms with Gasteiger partial charge in [-0.05, 0) is 31.2 Å². The number of methoxy groups -OCH3 is 1. The highest BCUT2D eigenvalue weighted by Crippen LogP contribution is 2.16. The second-order valence-corrected chi connectivity index (χ2v) is 4.39. The summed E-state index contributed by atoms with van der Waals surface area (Å²) in [7, 11) is 4.83. The predicted octanol–water partition coefficient (Wildman–Crippen LogP) is 1.27. The number of carbonyl (C=O) groups is 1. The molecule has 0 spiro atoms. The maximum atomic E-state index is 12.4. The molecule has 0 radical (unpaired) electrons. The maximum Gasteiger partial charge on any atom is 0.328 e. The van der Waals surface area contributed by atoms with E-state index in [-0.39, 0.29) is 11.5 Å². The molecule has 1 aromatic heterocycles. The highest BCUT2D eigenvalue weighted by molar-refractivity contribution is 6.08. The average Bonchev–Trinajstić information content (AvgIpc) is 2.62. The molecule has 2 rings (SSSR count). The Morgan fingerprint density at radius 3 is 2.11 bits per heavy atom. The van der Waals surface area contributed by atoms with Gasteiger partial charge in [-0.3, -0.25) is 13.9 Å². The highest BCUT2D eigenvalue weighted by Gasteiger charge is 2.20. The number of hydrogen-bond acceptors (Lipinski definition) is 3. The fourth-order valence-corrected chi connectivity index (χ4v) is 2.06. The molecule has 0 saturated heterocycles. The van der Waals surface area contributed by atoms with E-state index < -0.39 is 0 Å². The molecule has 5 nitrogen and oxygen atoms in total. The third-order valence-electron chi connectivity index (χ3n) is 3.32. The quantitative estimate of drug-likeness (QED) is 0.781. The van der Waals surface area contributed by atoms with E-state index in [0.29, 0.717) is 22.7 Å². The number of ether oxygens (including phenoxy) is 1. The van der Waals surface area contributed by atoms with Crippen LogP contribution in [0.2, 0.25) is 0 Å². The Morgan fingerprint density at radius 2 is 1.68 bits per heavy atom. The van der Waals surface area contributed by atoms with Crippen molar-refractivity contribution in [2.45, 2.75) is 6.92 Å². The van der Waals surface area contributed by atoms with E-state index >= 15 is 0 Å². The van der Waals surface area contributed by atoms with Gasteiger partial charge in [-0.15, -0.1) is 0 Å². The lowest BCUT2D eigenvalue weighted by molar-refractivity contribution is 0.103. The molecule has 100 valence electrons. The number of aromatic nitrogens is 2. The van der Waals surface area contributed by atoms with Crippen LogP contribution < -0.4 is 10.4 Å². The Morgan fingerprint density at radius 1 is 1.11 bits per heavy atom. The number of nitrogens with zero attached hydrogens (tertiary/aromatic N) is 2. The van der Waals surface area contributed by atoms with Crippen molar-refractivity contribution in [3.8, 4) is 5.75 Å². The van der Waals surface area contributed by atoms with Gasteiger partial charge in [-0.25, -0.2) is 4.79 Å². The van der Waals surface area contributed by atoms with Crippen molar-refractivity contribution in [2.24, 2.45) is 14.1 Å². The molecular weight excluding hydrogens is 244 g/mol. The van der Waals surface area contributed by atoms with Crippen molar-refractivity contribution in [1.29, 1.82) is 0 Å².